The summed E-state index contributed by atoms with van der Waals surface area (Å²) < 4.78 is 5.37. The molecule has 2 rings (SSSR count). The van der Waals surface area contributed by atoms with E-state index in [1.54, 1.807) is 0 Å². The van der Waals surface area contributed by atoms with Gasteiger partial charge in [-0.3, -0.25) is 4.79 Å². The van der Waals surface area contributed by atoms with Gasteiger partial charge >= 0.3 is 5.97 Å². The van der Waals surface area contributed by atoms with Crippen molar-refractivity contribution in [2.45, 2.75) is 39.5 Å². The Morgan fingerprint density at radius 3 is 2.26 bits per heavy atom. The fourth-order valence-electron chi connectivity index (χ4n) is 2.22. The summed E-state index contributed by atoms with van der Waals surface area (Å²) in [5, 5.41) is 3.37. The molecule has 104 valence electrons. The first-order valence-corrected chi connectivity index (χ1v) is 7.00. The summed E-state index contributed by atoms with van der Waals surface area (Å²) in [6, 6.07) is 7.98. The normalized spacial score (nSPS) is 17.2. The molecule has 0 aliphatic carbocycles. The average molecular weight is 261 g/mol. The van der Waals surface area contributed by atoms with Crippen molar-refractivity contribution in [1.29, 1.82) is 0 Å². The standard InChI is InChI=1S/C16H23NO2/c1-16(2,3)15(18)19-14-6-4-12(5-7-14)13-8-10-17-11-9-13/h4-7,13,17H,8-11H2,1-3H3. The van der Waals surface area contributed by atoms with E-state index in [0.29, 0.717) is 11.7 Å². The SMILES string of the molecule is CC(C)(C)C(=O)Oc1ccc(C2CCNCC2)cc1. The van der Waals surface area contributed by atoms with Crippen molar-refractivity contribution in [1.82, 2.24) is 5.32 Å². The van der Waals surface area contributed by atoms with Gasteiger partial charge in [-0.25, -0.2) is 0 Å². The van der Waals surface area contributed by atoms with E-state index < -0.39 is 5.41 Å². The summed E-state index contributed by atoms with van der Waals surface area (Å²) >= 11 is 0. The van der Waals surface area contributed by atoms with Gasteiger partial charge in [0.05, 0.1) is 5.41 Å². The van der Waals surface area contributed by atoms with Crippen LogP contribution in [0.3, 0.4) is 0 Å². The van der Waals surface area contributed by atoms with Gasteiger partial charge in [-0.15, -0.1) is 0 Å². The Hall–Kier alpha value is -1.35. The predicted octanol–water partition coefficient (Wildman–Crippen LogP) is 3.11. The molecule has 0 radical (unpaired) electrons. The molecule has 1 N–H and O–H groups in total. The highest BCUT2D eigenvalue weighted by atomic mass is 16.5. The number of carbonyl (C=O) groups excluding carboxylic acids is 1. The summed E-state index contributed by atoms with van der Waals surface area (Å²) in [4.78, 5) is 11.8. The van der Waals surface area contributed by atoms with E-state index in [1.807, 2.05) is 32.9 Å². The topological polar surface area (TPSA) is 38.3 Å². The third-order valence-electron chi connectivity index (χ3n) is 3.51. The summed E-state index contributed by atoms with van der Waals surface area (Å²) in [6.45, 7) is 7.76. The zero-order valence-electron chi connectivity index (χ0n) is 12.0. The fourth-order valence-corrected chi connectivity index (χ4v) is 2.22. The van der Waals surface area contributed by atoms with Gasteiger partial charge in [0, 0.05) is 0 Å². The monoisotopic (exact) mass is 261 g/mol. The van der Waals surface area contributed by atoms with Crippen molar-refractivity contribution in [2.75, 3.05) is 13.1 Å². The molecule has 0 unspecified atom stereocenters. The quantitative estimate of drug-likeness (QED) is 0.656. The molecule has 0 bridgehead atoms. The molecule has 1 heterocycles. The van der Waals surface area contributed by atoms with Crippen molar-refractivity contribution in [3.05, 3.63) is 29.8 Å². The van der Waals surface area contributed by atoms with Gasteiger partial charge in [-0.05, 0) is 70.3 Å². The van der Waals surface area contributed by atoms with E-state index in [2.05, 4.69) is 17.4 Å². The van der Waals surface area contributed by atoms with Crippen molar-refractivity contribution in [3.8, 4) is 5.75 Å². The van der Waals surface area contributed by atoms with Crippen LogP contribution in [0.25, 0.3) is 0 Å². The van der Waals surface area contributed by atoms with Gasteiger partial charge in [0.2, 0.25) is 0 Å². The first-order valence-electron chi connectivity index (χ1n) is 7.00. The van der Waals surface area contributed by atoms with Crippen molar-refractivity contribution < 1.29 is 9.53 Å². The Kier molecular flexibility index (Phi) is 4.25. The number of carbonyl (C=O) groups is 1. The average Bonchev–Trinajstić information content (AvgIpc) is 2.39. The molecule has 0 spiro atoms. The summed E-state index contributed by atoms with van der Waals surface area (Å²) in [5.74, 6) is 1.08. The van der Waals surface area contributed by atoms with E-state index in [0.717, 1.165) is 13.1 Å². The van der Waals surface area contributed by atoms with Crippen molar-refractivity contribution in [2.24, 2.45) is 5.41 Å². The van der Waals surface area contributed by atoms with Crippen molar-refractivity contribution >= 4 is 5.97 Å². The van der Waals surface area contributed by atoms with Crippen LogP contribution in [0.15, 0.2) is 24.3 Å². The van der Waals surface area contributed by atoms with E-state index >= 15 is 0 Å². The smallest absolute Gasteiger partial charge is 0.316 e. The molecule has 1 aliphatic heterocycles. The molecule has 1 aromatic rings. The Balaban J connectivity index is 2.00. The zero-order valence-corrected chi connectivity index (χ0v) is 12.0. The molecule has 1 aromatic carbocycles. The maximum atomic E-state index is 11.8. The highest BCUT2D eigenvalue weighted by Crippen LogP contribution is 2.27. The maximum Gasteiger partial charge on any atom is 0.316 e. The van der Waals surface area contributed by atoms with Crippen LogP contribution in [0.1, 0.15) is 45.1 Å². The van der Waals surface area contributed by atoms with Crippen LogP contribution < -0.4 is 10.1 Å². The number of rotatable bonds is 2. The molecular weight excluding hydrogens is 238 g/mol. The van der Waals surface area contributed by atoms with Crippen LogP contribution in [0.4, 0.5) is 0 Å². The third kappa shape index (κ3) is 3.80. The fraction of sp³-hybridized carbons (Fsp3) is 0.562. The molecule has 3 heteroatoms. The van der Waals surface area contributed by atoms with Crippen LogP contribution >= 0.6 is 0 Å². The van der Waals surface area contributed by atoms with Crippen molar-refractivity contribution in [3.63, 3.8) is 0 Å². The highest BCUT2D eigenvalue weighted by molar-refractivity contribution is 5.77. The predicted molar refractivity (Wildman–Crippen MR) is 76.4 cm³/mol. The molecule has 1 aliphatic rings. The summed E-state index contributed by atoms with van der Waals surface area (Å²) in [5.41, 5.74) is 0.880. The number of hydrogen-bond donors (Lipinski definition) is 1. The Bertz CT molecular complexity index is 425. The van der Waals surface area contributed by atoms with E-state index in [-0.39, 0.29) is 5.97 Å². The first kappa shape index (κ1) is 14.1. The lowest BCUT2D eigenvalue weighted by Crippen LogP contribution is -2.26. The van der Waals surface area contributed by atoms with Gasteiger partial charge in [0.1, 0.15) is 5.75 Å². The minimum Gasteiger partial charge on any atom is -0.426 e. The van der Waals surface area contributed by atoms with E-state index in [1.165, 1.54) is 18.4 Å². The number of esters is 1. The van der Waals surface area contributed by atoms with Crippen LogP contribution in [0.2, 0.25) is 0 Å². The number of ether oxygens (including phenoxy) is 1. The largest absolute Gasteiger partial charge is 0.426 e. The number of piperidine rings is 1. The summed E-state index contributed by atoms with van der Waals surface area (Å²) in [7, 11) is 0. The maximum absolute atomic E-state index is 11.8. The molecular formula is C16H23NO2. The molecule has 0 saturated carbocycles. The number of benzene rings is 1. The molecule has 0 atom stereocenters. The molecule has 1 fully saturated rings. The van der Waals surface area contributed by atoms with Gasteiger partial charge < -0.3 is 10.1 Å². The second kappa shape index (κ2) is 5.74. The lowest BCUT2D eigenvalue weighted by Gasteiger charge is -2.23. The second-order valence-electron chi connectivity index (χ2n) is 6.23. The Labute approximate surface area is 115 Å². The lowest BCUT2D eigenvalue weighted by atomic mass is 9.90. The second-order valence-corrected chi connectivity index (χ2v) is 6.23. The van der Waals surface area contributed by atoms with Gasteiger partial charge in [0.25, 0.3) is 0 Å². The molecule has 19 heavy (non-hydrogen) atoms. The molecule has 1 saturated heterocycles. The molecule has 0 aromatic heterocycles. The number of hydrogen-bond acceptors (Lipinski definition) is 3. The third-order valence-corrected chi connectivity index (χ3v) is 3.51. The first-order chi connectivity index (χ1) is 8.97. The van der Waals surface area contributed by atoms with Gasteiger partial charge in [0.15, 0.2) is 0 Å². The molecule has 0 amide bonds. The van der Waals surface area contributed by atoms with Crippen LogP contribution in [0, 0.1) is 5.41 Å². The minimum absolute atomic E-state index is 0.192. The van der Waals surface area contributed by atoms with Gasteiger partial charge in [-0.2, -0.15) is 0 Å². The minimum atomic E-state index is -0.465. The number of nitrogens with one attached hydrogen (secondary N) is 1. The van der Waals surface area contributed by atoms with Crippen LogP contribution in [0.5, 0.6) is 5.75 Å². The molecule has 3 nitrogen and oxygen atoms in total. The van der Waals surface area contributed by atoms with Gasteiger partial charge in [-0.1, -0.05) is 12.1 Å². The summed E-state index contributed by atoms with van der Waals surface area (Å²) in [6.07, 6.45) is 2.36. The van der Waals surface area contributed by atoms with E-state index in [9.17, 15) is 4.79 Å². The Morgan fingerprint density at radius 1 is 1.16 bits per heavy atom. The Morgan fingerprint density at radius 2 is 1.74 bits per heavy atom. The highest BCUT2D eigenvalue weighted by Gasteiger charge is 2.23. The van der Waals surface area contributed by atoms with Crippen LogP contribution in [-0.2, 0) is 4.79 Å². The zero-order chi connectivity index (χ0) is 13.9. The van der Waals surface area contributed by atoms with E-state index in [4.69, 9.17) is 4.74 Å². The lowest BCUT2D eigenvalue weighted by molar-refractivity contribution is -0.142. The van der Waals surface area contributed by atoms with Crippen LogP contribution in [-0.4, -0.2) is 19.1 Å².